The average molecular weight is 423 g/mol. The number of halogens is 1. The van der Waals surface area contributed by atoms with Crippen molar-refractivity contribution in [1.29, 1.82) is 0 Å². The number of ether oxygens (including phenoxy) is 4. The van der Waals surface area contributed by atoms with Gasteiger partial charge in [0.1, 0.15) is 12.6 Å². The molecule has 3 heterocycles. The molecule has 0 radical (unpaired) electrons. The molecular weight excluding hydrogens is 397 g/mol. The zero-order valence-electron chi connectivity index (χ0n) is 17.3. The zero-order chi connectivity index (χ0) is 20.8. The minimum Gasteiger partial charge on any atom is -0.349 e. The van der Waals surface area contributed by atoms with E-state index >= 15 is 0 Å². The molecule has 0 bridgehead atoms. The predicted octanol–water partition coefficient (Wildman–Crippen LogP) is 4.43. The minimum absolute atomic E-state index is 0.162. The first-order valence-corrected chi connectivity index (χ1v) is 11.1. The molecular formula is C25H26FNO4. The van der Waals surface area contributed by atoms with Gasteiger partial charge in [0.05, 0.1) is 31.1 Å². The lowest BCUT2D eigenvalue weighted by molar-refractivity contribution is -0.175. The lowest BCUT2D eigenvalue weighted by Gasteiger charge is -2.35. The Labute approximate surface area is 181 Å². The molecule has 6 rings (SSSR count). The lowest BCUT2D eigenvalue weighted by Crippen LogP contribution is -2.38. The number of rotatable bonds is 3. The summed E-state index contributed by atoms with van der Waals surface area (Å²) < 4.78 is 37.5. The molecule has 162 valence electrons. The number of benzene rings is 1. The second-order valence-electron chi connectivity index (χ2n) is 9.00. The number of hydrogen-bond donors (Lipinski definition) is 0. The molecule has 6 heteroatoms. The summed E-state index contributed by atoms with van der Waals surface area (Å²) in [6, 6.07) is 10.5. The molecule has 1 aromatic carbocycles. The van der Waals surface area contributed by atoms with Gasteiger partial charge in [0.25, 0.3) is 0 Å². The standard InChI is InChI=1S/C25H26FNO4/c26-19-3-1-2-16(10-19)17-4-5-20(27-14-17)6-7-22-21-12-24-23(28-15-29-24)11-18(21)13-25(22)30-8-9-31-25/h1-7,10,14,18,21-24H,8-9,11-13,15H2/b7-6+/t18-,21+,22-,23-,24+/m0/s1. The second kappa shape index (κ2) is 7.78. The van der Waals surface area contributed by atoms with E-state index in [1.54, 1.807) is 12.3 Å². The van der Waals surface area contributed by atoms with Crippen LogP contribution in [0.2, 0.25) is 0 Å². The number of hydrogen-bond acceptors (Lipinski definition) is 5. The number of pyridine rings is 1. The van der Waals surface area contributed by atoms with E-state index in [1.807, 2.05) is 18.2 Å². The highest BCUT2D eigenvalue weighted by molar-refractivity contribution is 5.63. The molecule has 4 fully saturated rings. The van der Waals surface area contributed by atoms with Gasteiger partial charge in [-0.15, -0.1) is 0 Å². The first-order valence-electron chi connectivity index (χ1n) is 11.1. The molecule has 0 N–H and O–H groups in total. The fourth-order valence-electron chi connectivity index (χ4n) is 5.92. The summed E-state index contributed by atoms with van der Waals surface area (Å²) in [5.74, 6) is 0.342. The molecule has 5 nitrogen and oxygen atoms in total. The van der Waals surface area contributed by atoms with Gasteiger partial charge in [-0.05, 0) is 54.5 Å². The van der Waals surface area contributed by atoms with E-state index in [0.717, 1.165) is 36.1 Å². The van der Waals surface area contributed by atoms with Gasteiger partial charge >= 0.3 is 0 Å². The molecule has 1 aromatic heterocycles. The molecule has 2 saturated carbocycles. The van der Waals surface area contributed by atoms with Gasteiger partial charge in [-0.25, -0.2) is 4.39 Å². The maximum absolute atomic E-state index is 13.5. The molecule has 4 aliphatic rings. The van der Waals surface area contributed by atoms with Gasteiger partial charge in [0.15, 0.2) is 5.79 Å². The zero-order valence-corrected chi connectivity index (χ0v) is 17.3. The van der Waals surface area contributed by atoms with Crippen LogP contribution >= 0.6 is 0 Å². The topological polar surface area (TPSA) is 49.8 Å². The molecule has 0 unspecified atom stereocenters. The Morgan fingerprint density at radius 2 is 1.84 bits per heavy atom. The van der Waals surface area contributed by atoms with E-state index in [2.05, 4.69) is 17.1 Å². The first kappa shape index (κ1) is 19.6. The van der Waals surface area contributed by atoms with Gasteiger partial charge in [0.2, 0.25) is 0 Å². The van der Waals surface area contributed by atoms with Crippen molar-refractivity contribution >= 4 is 6.08 Å². The van der Waals surface area contributed by atoms with Crippen molar-refractivity contribution in [3.63, 3.8) is 0 Å². The van der Waals surface area contributed by atoms with Crippen LogP contribution in [-0.4, -0.2) is 43.0 Å². The summed E-state index contributed by atoms with van der Waals surface area (Å²) in [6.45, 7) is 1.70. The highest BCUT2D eigenvalue weighted by atomic mass is 19.1. The average Bonchev–Trinajstić information content (AvgIpc) is 3.50. The van der Waals surface area contributed by atoms with E-state index in [9.17, 15) is 4.39 Å². The molecule has 0 amide bonds. The van der Waals surface area contributed by atoms with Gasteiger partial charge < -0.3 is 18.9 Å². The van der Waals surface area contributed by atoms with E-state index in [0.29, 0.717) is 31.8 Å². The Bertz CT molecular complexity index is 972. The molecule has 2 aliphatic carbocycles. The predicted molar refractivity (Wildman–Crippen MR) is 112 cm³/mol. The van der Waals surface area contributed by atoms with Gasteiger partial charge in [-0.2, -0.15) is 0 Å². The van der Waals surface area contributed by atoms with Crippen LogP contribution in [0.1, 0.15) is 25.0 Å². The van der Waals surface area contributed by atoms with Crippen LogP contribution in [0.15, 0.2) is 48.7 Å². The van der Waals surface area contributed by atoms with Crippen molar-refractivity contribution in [2.75, 3.05) is 20.0 Å². The Morgan fingerprint density at radius 3 is 2.61 bits per heavy atom. The largest absolute Gasteiger partial charge is 0.349 e. The third-order valence-corrected chi connectivity index (χ3v) is 7.33. The Balaban J connectivity index is 1.24. The Kier molecular flexibility index (Phi) is 4.91. The van der Waals surface area contributed by atoms with Crippen molar-refractivity contribution in [3.8, 4) is 11.1 Å². The Hall–Kier alpha value is -2.12. The van der Waals surface area contributed by atoms with Crippen LogP contribution in [0.5, 0.6) is 0 Å². The SMILES string of the molecule is Fc1cccc(-c2ccc(/C=C/[C@H]3[C@@H]4C[C@H]5OCO[C@H]5C[C@H]4CC34OCCO4)nc2)c1. The number of aromatic nitrogens is 1. The molecule has 2 aliphatic heterocycles. The summed E-state index contributed by atoms with van der Waals surface area (Å²) in [5, 5.41) is 0. The summed E-state index contributed by atoms with van der Waals surface area (Å²) in [4.78, 5) is 4.58. The van der Waals surface area contributed by atoms with Crippen LogP contribution in [0.3, 0.4) is 0 Å². The maximum atomic E-state index is 13.5. The summed E-state index contributed by atoms with van der Waals surface area (Å²) in [7, 11) is 0. The Morgan fingerprint density at radius 1 is 1.00 bits per heavy atom. The normalized spacial score (nSPS) is 33.8. The molecule has 2 saturated heterocycles. The van der Waals surface area contributed by atoms with Gasteiger partial charge in [-0.1, -0.05) is 24.3 Å². The quantitative estimate of drug-likeness (QED) is 0.731. The molecule has 31 heavy (non-hydrogen) atoms. The van der Waals surface area contributed by atoms with Gasteiger partial charge in [0, 0.05) is 24.1 Å². The number of nitrogens with zero attached hydrogens (tertiary/aromatic N) is 1. The van der Waals surface area contributed by atoms with Crippen LogP contribution in [0.4, 0.5) is 4.39 Å². The monoisotopic (exact) mass is 423 g/mol. The third-order valence-electron chi connectivity index (χ3n) is 7.33. The smallest absolute Gasteiger partial charge is 0.175 e. The van der Waals surface area contributed by atoms with Gasteiger partial charge in [-0.3, -0.25) is 4.98 Å². The van der Waals surface area contributed by atoms with Crippen molar-refractivity contribution in [1.82, 2.24) is 4.98 Å². The summed E-state index contributed by atoms with van der Waals surface area (Å²) in [6.07, 6.45) is 9.35. The molecule has 1 spiro atoms. The van der Waals surface area contributed by atoms with E-state index in [1.165, 1.54) is 12.1 Å². The lowest BCUT2D eigenvalue weighted by atomic mass is 9.75. The van der Waals surface area contributed by atoms with Crippen molar-refractivity contribution in [2.45, 2.75) is 37.3 Å². The van der Waals surface area contributed by atoms with Crippen LogP contribution in [0, 0.1) is 23.6 Å². The van der Waals surface area contributed by atoms with Crippen molar-refractivity contribution in [2.24, 2.45) is 17.8 Å². The third kappa shape index (κ3) is 3.52. The first-order chi connectivity index (χ1) is 15.2. The van der Waals surface area contributed by atoms with Crippen LogP contribution < -0.4 is 0 Å². The summed E-state index contributed by atoms with van der Waals surface area (Å²) in [5.41, 5.74) is 2.59. The van der Waals surface area contributed by atoms with E-state index in [-0.39, 0.29) is 23.9 Å². The molecule has 5 atom stereocenters. The van der Waals surface area contributed by atoms with E-state index in [4.69, 9.17) is 18.9 Å². The second-order valence-corrected chi connectivity index (χ2v) is 9.00. The summed E-state index contributed by atoms with van der Waals surface area (Å²) >= 11 is 0. The highest BCUT2D eigenvalue weighted by Gasteiger charge is 2.59. The molecule has 2 aromatic rings. The maximum Gasteiger partial charge on any atom is 0.175 e. The van der Waals surface area contributed by atoms with Crippen LogP contribution in [0.25, 0.3) is 17.2 Å². The fraction of sp³-hybridized carbons (Fsp3) is 0.480. The number of fused-ring (bicyclic) bond motifs is 2. The minimum atomic E-state index is -0.536. The fourth-order valence-corrected chi connectivity index (χ4v) is 5.92. The highest BCUT2D eigenvalue weighted by Crippen LogP contribution is 2.56. The van der Waals surface area contributed by atoms with Crippen LogP contribution in [-0.2, 0) is 18.9 Å². The van der Waals surface area contributed by atoms with Crippen molar-refractivity contribution in [3.05, 3.63) is 60.2 Å². The van der Waals surface area contributed by atoms with E-state index < -0.39 is 5.79 Å². The van der Waals surface area contributed by atoms with Crippen molar-refractivity contribution < 1.29 is 23.3 Å².